The normalized spacial score (nSPS) is 17.2. The number of carbonyl (C=O) groups is 1. The van der Waals surface area contributed by atoms with Crippen LogP contribution in [-0.2, 0) is 9.53 Å². The lowest BCUT2D eigenvalue weighted by Crippen LogP contribution is -2.45. The fraction of sp³-hybridized carbons (Fsp3) is 0.375. The zero-order valence-corrected chi connectivity index (χ0v) is 14.4. The first-order chi connectivity index (χ1) is 11.0. The molecular formula is C16H20N2O4S. The third-order valence-corrected chi connectivity index (χ3v) is 3.73. The Kier molecular flexibility index (Phi) is 5.44. The number of hydrogen-bond acceptors (Lipinski definition) is 5. The molecule has 0 saturated heterocycles. The van der Waals surface area contributed by atoms with Crippen molar-refractivity contribution in [1.29, 1.82) is 0 Å². The van der Waals surface area contributed by atoms with E-state index in [9.17, 15) is 4.79 Å². The fourth-order valence-corrected chi connectivity index (χ4v) is 2.82. The van der Waals surface area contributed by atoms with Crippen molar-refractivity contribution in [2.24, 2.45) is 0 Å². The van der Waals surface area contributed by atoms with Crippen molar-refractivity contribution in [3.8, 4) is 11.5 Å². The van der Waals surface area contributed by atoms with Gasteiger partial charge in [0, 0.05) is 11.3 Å². The molecule has 0 saturated carbocycles. The SMILES string of the molecule is CCOC(=O)C1=C(C)NC(=S)NC1c1cccc(OC)c1OC. The number of benzene rings is 1. The van der Waals surface area contributed by atoms with Gasteiger partial charge in [-0.25, -0.2) is 4.79 Å². The van der Waals surface area contributed by atoms with E-state index in [0.29, 0.717) is 34.5 Å². The van der Waals surface area contributed by atoms with Crippen molar-refractivity contribution >= 4 is 23.3 Å². The molecule has 2 N–H and O–H groups in total. The van der Waals surface area contributed by atoms with Gasteiger partial charge >= 0.3 is 5.97 Å². The van der Waals surface area contributed by atoms with Gasteiger partial charge in [0.25, 0.3) is 0 Å². The van der Waals surface area contributed by atoms with Crippen LogP contribution in [0.25, 0.3) is 0 Å². The quantitative estimate of drug-likeness (QED) is 0.630. The molecule has 1 aliphatic rings. The highest BCUT2D eigenvalue weighted by atomic mass is 32.1. The maximum absolute atomic E-state index is 12.4. The fourth-order valence-electron chi connectivity index (χ4n) is 2.55. The van der Waals surface area contributed by atoms with Crippen LogP contribution in [0.3, 0.4) is 0 Å². The van der Waals surface area contributed by atoms with Gasteiger partial charge in [-0.1, -0.05) is 12.1 Å². The van der Waals surface area contributed by atoms with Gasteiger partial charge in [-0.15, -0.1) is 0 Å². The number of carbonyl (C=O) groups excluding carboxylic acids is 1. The molecular weight excluding hydrogens is 316 g/mol. The first-order valence-corrected chi connectivity index (χ1v) is 7.60. The van der Waals surface area contributed by atoms with Gasteiger partial charge in [-0.2, -0.15) is 0 Å². The van der Waals surface area contributed by atoms with E-state index in [2.05, 4.69) is 10.6 Å². The monoisotopic (exact) mass is 336 g/mol. The Morgan fingerprint density at radius 2 is 2.04 bits per heavy atom. The predicted octanol–water partition coefficient (Wildman–Crippen LogP) is 2.06. The van der Waals surface area contributed by atoms with Crippen LogP contribution in [0.1, 0.15) is 25.5 Å². The molecule has 2 rings (SSSR count). The van der Waals surface area contributed by atoms with E-state index in [1.807, 2.05) is 12.1 Å². The van der Waals surface area contributed by atoms with Crippen molar-refractivity contribution < 1.29 is 19.0 Å². The number of methoxy groups -OCH3 is 2. The minimum Gasteiger partial charge on any atom is -0.493 e. The van der Waals surface area contributed by atoms with Crippen molar-refractivity contribution in [1.82, 2.24) is 10.6 Å². The molecule has 124 valence electrons. The van der Waals surface area contributed by atoms with Crippen LogP contribution in [0, 0.1) is 0 Å². The number of ether oxygens (including phenoxy) is 3. The summed E-state index contributed by atoms with van der Waals surface area (Å²) < 4.78 is 16.0. The molecule has 7 heteroatoms. The molecule has 1 unspecified atom stereocenters. The zero-order chi connectivity index (χ0) is 17.0. The molecule has 0 amide bonds. The standard InChI is InChI=1S/C16H20N2O4S/c1-5-22-15(19)12-9(2)17-16(23)18-13(12)10-7-6-8-11(20-3)14(10)21-4/h6-8,13H,5H2,1-4H3,(H2,17,18,23). The second-order valence-corrected chi connectivity index (χ2v) is 5.28. The van der Waals surface area contributed by atoms with Gasteiger partial charge < -0.3 is 24.8 Å². The first kappa shape index (κ1) is 17.1. The highest BCUT2D eigenvalue weighted by Gasteiger charge is 2.33. The van der Waals surface area contributed by atoms with Gasteiger partial charge in [0.05, 0.1) is 32.4 Å². The Labute approximate surface area is 140 Å². The summed E-state index contributed by atoms with van der Waals surface area (Å²) in [5.74, 6) is 0.728. The number of para-hydroxylation sites is 1. The third kappa shape index (κ3) is 3.39. The molecule has 0 fully saturated rings. The predicted molar refractivity (Wildman–Crippen MR) is 90.5 cm³/mol. The Morgan fingerprint density at radius 3 is 2.65 bits per heavy atom. The minimum atomic E-state index is -0.479. The van der Waals surface area contributed by atoms with E-state index < -0.39 is 12.0 Å². The number of esters is 1. The Hall–Kier alpha value is -2.28. The largest absolute Gasteiger partial charge is 0.493 e. The van der Waals surface area contributed by atoms with E-state index in [0.717, 1.165) is 5.56 Å². The van der Waals surface area contributed by atoms with Crippen molar-refractivity contribution in [2.45, 2.75) is 19.9 Å². The summed E-state index contributed by atoms with van der Waals surface area (Å²) in [6, 6.07) is 5.01. The average Bonchev–Trinajstić information content (AvgIpc) is 2.53. The summed E-state index contributed by atoms with van der Waals surface area (Å²) in [5.41, 5.74) is 1.87. The summed E-state index contributed by atoms with van der Waals surface area (Å²) in [4.78, 5) is 12.4. The Balaban J connectivity index is 2.57. The first-order valence-electron chi connectivity index (χ1n) is 7.19. The lowest BCUT2D eigenvalue weighted by Gasteiger charge is -2.30. The van der Waals surface area contributed by atoms with Gasteiger partial charge in [0.1, 0.15) is 0 Å². The molecule has 23 heavy (non-hydrogen) atoms. The molecule has 1 aliphatic heterocycles. The molecule has 1 aromatic rings. The van der Waals surface area contributed by atoms with Gasteiger partial charge in [0.2, 0.25) is 0 Å². The van der Waals surface area contributed by atoms with Crippen molar-refractivity contribution in [3.05, 3.63) is 35.0 Å². The van der Waals surface area contributed by atoms with Crippen molar-refractivity contribution in [3.63, 3.8) is 0 Å². The van der Waals surface area contributed by atoms with Crippen LogP contribution < -0.4 is 20.1 Å². The number of nitrogens with one attached hydrogen (secondary N) is 2. The van der Waals surface area contributed by atoms with E-state index >= 15 is 0 Å². The Morgan fingerprint density at radius 1 is 1.30 bits per heavy atom. The highest BCUT2D eigenvalue weighted by Crippen LogP contribution is 2.38. The van der Waals surface area contributed by atoms with E-state index in [-0.39, 0.29) is 0 Å². The van der Waals surface area contributed by atoms with Crippen LogP contribution in [-0.4, -0.2) is 31.9 Å². The lowest BCUT2D eigenvalue weighted by atomic mass is 9.94. The highest BCUT2D eigenvalue weighted by molar-refractivity contribution is 7.80. The molecule has 1 aromatic carbocycles. The molecule has 0 aliphatic carbocycles. The van der Waals surface area contributed by atoms with Crippen LogP contribution >= 0.6 is 12.2 Å². The molecule has 0 spiro atoms. The van der Waals surface area contributed by atoms with E-state index in [4.69, 9.17) is 26.4 Å². The van der Waals surface area contributed by atoms with Gasteiger partial charge in [0.15, 0.2) is 16.6 Å². The van der Waals surface area contributed by atoms with Crippen LogP contribution in [0.2, 0.25) is 0 Å². The molecule has 0 bridgehead atoms. The molecule has 0 radical (unpaired) electrons. The smallest absolute Gasteiger partial charge is 0.338 e. The number of hydrogen-bond donors (Lipinski definition) is 2. The van der Waals surface area contributed by atoms with E-state index in [1.54, 1.807) is 34.1 Å². The van der Waals surface area contributed by atoms with Crippen LogP contribution in [0.4, 0.5) is 0 Å². The summed E-state index contributed by atoms with van der Waals surface area (Å²) in [6.07, 6.45) is 0. The molecule has 1 atom stereocenters. The number of allylic oxidation sites excluding steroid dienone is 1. The topological polar surface area (TPSA) is 68.8 Å². The van der Waals surface area contributed by atoms with Crippen LogP contribution in [0.15, 0.2) is 29.5 Å². The second kappa shape index (κ2) is 7.32. The summed E-state index contributed by atoms with van der Waals surface area (Å²) in [6.45, 7) is 3.85. The number of rotatable bonds is 5. The van der Waals surface area contributed by atoms with Gasteiger partial charge in [-0.3, -0.25) is 0 Å². The average molecular weight is 336 g/mol. The third-order valence-electron chi connectivity index (χ3n) is 3.51. The molecule has 6 nitrogen and oxygen atoms in total. The summed E-state index contributed by atoms with van der Waals surface area (Å²) in [7, 11) is 3.12. The maximum Gasteiger partial charge on any atom is 0.338 e. The minimum absolute atomic E-state index is 0.294. The Bertz CT molecular complexity index is 657. The lowest BCUT2D eigenvalue weighted by molar-refractivity contribution is -0.139. The maximum atomic E-state index is 12.4. The van der Waals surface area contributed by atoms with Crippen molar-refractivity contribution in [2.75, 3.05) is 20.8 Å². The van der Waals surface area contributed by atoms with Crippen LogP contribution in [0.5, 0.6) is 11.5 Å². The number of thiocarbonyl (C=S) groups is 1. The molecule has 0 aromatic heterocycles. The van der Waals surface area contributed by atoms with E-state index in [1.165, 1.54) is 0 Å². The zero-order valence-electron chi connectivity index (χ0n) is 13.6. The second-order valence-electron chi connectivity index (χ2n) is 4.87. The molecule has 1 heterocycles. The van der Waals surface area contributed by atoms with Gasteiger partial charge in [-0.05, 0) is 32.1 Å². The summed E-state index contributed by atoms with van der Waals surface area (Å²) >= 11 is 5.22. The summed E-state index contributed by atoms with van der Waals surface area (Å²) in [5, 5.41) is 6.50.